The molecule has 0 aliphatic carbocycles. The van der Waals surface area contributed by atoms with Crippen LogP contribution in [0.4, 0.5) is 5.69 Å². The molecule has 0 amide bonds. The summed E-state index contributed by atoms with van der Waals surface area (Å²) in [7, 11) is 1.96. The molecule has 0 saturated carbocycles. The summed E-state index contributed by atoms with van der Waals surface area (Å²) < 4.78 is 3.62. The molecule has 0 unspecified atom stereocenters. The van der Waals surface area contributed by atoms with E-state index in [2.05, 4.69) is 64.7 Å². The third-order valence-corrected chi connectivity index (χ3v) is 5.30. The van der Waals surface area contributed by atoms with Gasteiger partial charge in [0.2, 0.25) is 0 Å². The molecule has 0 fully saturated rings. The van der Waals surface area contributed by atoms with Crippen LogP contribution in [-0.4, -0.2) is 23.6 Å². The molecule has 3 nitrogen and oxygen atoms in total. The van der Waals surface area contributed by atoms with Crippen molar-refractivity contribution in [3.8, 4) is 0 Å². The van der Waals surface area contributed by atoms with Gasteiger partial charge in [0, 0.05) is 18.8 Å². The van der Waals surface area contributed by atoms with Gasteiger partial charge in [-0.1, -0.05) is 35.6 Å². The fraction of sp³-hybridized carbons (Fsp3) is 0.278. The SMILES string of the molecule is CNCc1ccc(N=c2sc3ccccc3n2CCSC)cc1. The van der Waals surface area contributed by atoms with E-state index in [0.717, 1.165) is 29.3 Å². The molecule has 1 aromatic heterocycles. The lowest BCUT2D eigenvalue weighted by Crippen LogP contribution is -2.15. The van der Waals surface area contributed by atoms with Crippen molar-refractivity contribution < 1.29 is 0 Å². The predicted octanol–water partition coefficient (Wildman–Crippen LogP) is 4.02. The molecular weight excluding hydrogens is 322 g/mol. The molecule has 5 heteroatoms. The molecule has 0 atom stereocenters. The Bertz CT molecular complexity index is 831. The zero-order chi connectivity index (χ0) is 16.1. The highest BCUT2D eigenvalue weighted by atomic mass is 32.2. The molecule has 1 heterocycles. The Labute approximate surface area is 145 Å². The zero-order valence-electron chi connectivity index (χ0n) is 13.5. The maximum absolute atomic E-state index is 4.88. The number of benzene rings is 2. The average Bonchev–Trinajstić information content (AvgIpc) is 2.92. The Morgan fingerprint density at radius 3 is 2.65 bits per heavy atom. The van der Waals surface area contributed by atoms with Crippen molar-refractivity contribution >= 4 is 39.0 Å². The topological polar surface area (TPSA) is 29.3 Å². The molecule has 0 radical (unpaired) electrons. The Kier molecular flexibility index (Phi) is 5.54. The molecule has 2 aromatic carbocycles. The molecule has 1 N–H and O–H groups in total. The van der Waals surface area contributed by atoms with Crippen LogP contribution >= 0.6 is 23.1 Å². The normalized spacial score (nSPS) is 12.2. The maximum atomic E-state index is 4.88. The van der Waals surface area contributed by atoms with Crippen LogP contribution < -0.4 is 10.1 Å². The van der Waals surface area contributed by atoms with Crippen LogP contribution in [-0.2, 0) is 13.1 Å². The highest BCUT2D eigenvalue weighted by Crippen LogP contribution is 2.19. The number of para-hydroxylation sites is 1. The van der Waals surface area contributed by atoms with Gasteiger partial charge in [-0.3, -0.25) is 0 Å². The summed E-state index contributed by atoms with van der Waals surface area (Å²) in [6.07, 6.45) is 2.15. The second-order valence-electron chi connectivity index (χ2n) is 5.31. The first kappa shape index (κ1) is 16.3. The number of fused-ring (bicyclic) bond motifs is 1. The third-order valence-electron chi connectivity index (χ3n) is 3.65. The van der Waals surface area contributed by atoms with Crippen LogP contribution in [0.3, 0.4) is 0 Å². The minimum atomic E-state index is 0.886. The smallest absolute Gasteiger partial charge is 0.190 e. The second kappa shape index (κ2) is 7.81. The van der Waals surface area contributed by atoms with E-state index in [9.17, 15) is 0 Å². The number of rotatable bonds is 6. The maximum Gasteiger partial charge on any atom is 0.190 e. The fourth-order valence-electron chi connectivity index (χ4n) is 2.51. The zero-order valence-corrected chi connectivity index (χ0v) is 15.1. The number of nitrogens with one attached hydrogen (secondary N) is 1. The highest BCUT2D eigenvalue weighted by Gasteiger charge is 2.05. The van der Waals surface area contributed by atoms with E-state index in [4.69, 9.17) is 4.99 Å². The van der Waals surface area contributed by atoms with Gasteiger partial charge in [0.25, 0.3) is 0 Å². The first-order chi connectivity index (χ1) is 11.3. The monoisotopic (exact) mass is 343 g/mol. The van der Waals surface area contributed by atoms with E-state index >= 15 is 0 Å². The highest BCUT2D eigenvalue weighted by molar-refractivity contribution is 7.98. The Hall–Kier alpha value is -1.56. The van der Waals surface area contributed by atoms with E-state index in [1.54, 1.807) is 11.3 Å². The van der Waals surface area contributed by atoms with Gasteiger partial charge in [-0.05, 0) is 43.1 Å². The van der Waals surface area contributed by atoms with E-state index in [1.807, 2.05) is 18.8 Å². The lowest BCUT2D eigenvalue weighted by Gasteiger charge is -2.04. The summed E-state index contributed by atoms with van der Waals surface area (Å²) in [5.41, 5.74) is 3.56. The number of aryl methyl sites for hydroxylation is 1. The van der Waals surface area contributed by atoms with Crippen LogP contribution in [0.2, 0.25) is 0 Å². The standard InChI is InChI=1S/C18H21N3S2/c1-19-13-14-7-9-15(10-8-14)20-18-21(11-12-22-2)16-5-3-4-6-17(16)23-18/h3-10,19H,11-13H2,1-2H3. The van der Waals surface area contributed by atoms with E-state index in [1.165, 1.54) is 15.8 Å². The minimum Gasteiger partial charge on any atom is -0.316 e. The lowest BCUT2D eigenvalue weighted by atomic mass is 10.2. The van der Waals surface area contributed by atoms with E-state index < -0.39 is 0 Å². The van der Waals surface area contributed by atoms with Gasteiger partial charge in [0.1, 0.15) is 0 Å². The van der Waals surface area contributed by atoms with Crippen LogP contribution in [0, 0.1) is 0 Å². The van der Waals surface area contributed by atoms with Crippen molar-refractivity contribution in [2.75, 3.05) is 19.1 Å². The minimum absolute atomic E-state index is 0.886. The number of aromatic nitrogens is 1. The molecule has 23 heavy (non-hydrogen) atoms. The second-order valence-corrected chi connectivity index (χ2v) is 7.30. The number of nitrogens with zero attached hydrogens (tertiary/aromatic N) is 2. The Morgan fingerprint density at radius 1 is 1.13 bits per heavy atom. The first-order valence-electron chi connectivity index (χ1n) is 7.67. The summed E-state index contributed by atoms with van der Waals surface area (Å²) >= 11 is 3.62. The first-order valence-corrected chi connectivity index (χ1v) is 9.88. The average molecular weight is 344 g/mol. The molecule has 0 aliphatic rings. The number of hydrogen-bond donors (Lipinski definition) is 1. The van der Waals surface area contributed by atoms with Gasteiger partial charge >= 0.3 is 0 Å². The van der Waals surface area contributed by atoms with Gasteiger partial charge in [-0.15, -0.1) is 0 Å². The van der Waals surface area contributed by atoms with Gasteiger partial charge in [-0.2, -0.15) is 11.8 Å². The third kappa shape index (κ3) is 3.86. The molecule has 0 saturated heterocycles. The number of hydrogen-bond acceptors (Lipinski definition) is 4. The van der Waals surface area contributed by atoms with Crippen molar-refractivity contribution in [3.05, 3.63) is 58.9 Å². The van der Waals surface area contributed by atoms with Gasteiger partial charge in [0.05, 0.1) is 15.9 Å². The quantitative estimate of drug-likeness (QED) is 0.732. The van der Waals surface area contributed by atoms with Gasteiger partial charge in [0.15, 0.2) is 4.80 Å². The van der Waals surface area contributed by atoms with E-state index in [-0.39, 0.29) is 0 Å². The summed E-state index contributed by atoms with van der Waals surface area (Å²) in [6.45, 7) is 1.87. The van der Waals surface area contributed by atoms with Crippen molar-refractivity contribution in [3.63, 3.8) is 0 Å². The molecule has 120 valence electrons. The molecule has 0 bridgehead atoms. The van der Waals surface area contributed by atoms with Crippen LogP contribution in [0.15, 0.2) is 53.5 Å². The Morgan fingerprint density at radius 2 is 1.91 bits per heavy atom. The number of thiazole rings is 1. The number of thioether (sulfide) groups is 1. The van der Waals surface area contributed by atoms with Crippen molar-refractivity contribution in [1.82, 2.24) is 9.88 Å². The van der Waals surface area contributed by atoms with Crippen LogP contribution in [0.5, 0.6) is 0 Å². The fourth-order valence-corrected chi connectivity index (χ4v) is 3.95. The summed E-state index contributed by atoms with van der Waals surface area (Å²) in [6, 6.07) is 17.0. The Balaban J connectivity index is 2.03. The predicted molar refractivity (Wildman–Crippen MR) is 103 cm³/mol. The van der Waals surface area contributed by atoms with E-state index in [0.29, 0.717) is 0 Å². The summed E-state index contributed by atoms with van der Waals surface area (Å²) in [5.74, 6) is 1.09. The van der Waals surface area contributed by atoms with Gasteiger partial charge < -0.3 is 9.88 Å². The van der Waals surface area contributed by atoms with Crippen molar-refractivity contribution in [2.24, 2.45) is 4.99 Å². The molecule has 0 spiro atoms. The summed E-state index contributed by atoms with van der Waals surface area (Å²) in [5, 5.41) is 3.17. The van der Waals surface area contributed by atoms with Crippen molar-refractivity contribution in [2.45, 2.75) is 13.1 Å². The van der Waals surface area contributed by atoms with Crippen molar-refractivity contribution in [1.29, 1.82) is 0 Å². The van der Waals surface area contributed by atoms with Crippen LogP contribution in [0.1, 0.15) is 5.56 Å². The van der Waals surface area contributed by atoms with Crippen LogP contribution in [0.25, 0.3) is 10.2 Å². The summed E-state index contributed by atoms with van der Waals surface area (Å²) in [4.78, 5) is 5.96. The molecule has 3 rings (SSSR count). The van der Waals surface area contributed by atoms with Gasteiger partial charge in [-0.25, -0.2) is 4.99 Å². The largest absolute Gasteiger partial charge is 0.316 e. The lowest BCUT2D eigenvalue weighted by molar-refractivity contribution is 0.774. The molecule has 3 aromatic rings. The molecular formula is C18H21N3S2. The molecule has 0 aliphatic heterocycles.